The van der Waals surface area contributed by atoms with Crippen LogP contribution in [-0.2, 0) is 6.42 Å². The zero-order valence-electron chi connectivity index (χ0n) is 13.2. The van der Waals surface area contributed by atoms with Crippen LogP contribution in [0.2, 0.25) is 0 Å². The van der Waals surface area contributed by atoms with Crippen LogP contribution >= 0.6 is 0 Å². The van der Waals surface area contributed by atoms with E-state index >= 15 is 0 Å². The lowest BCUT2D eigenvalue weighted by atomic mass is 9.98. The van der Waals surface area contributed by atoms with Gasteiger partial charge in [0.25, 0.3) is 0 Å². The molecule has 0 N–H and O–H groups in total. The number of para-hydroxylation sites is 1. The number of hydrogen-bond acceptors (Lipinski definition) is 2. The minimum atomic E-state index is 0.461. The lowest BCUT2D eigenvalue weighted by Crippen LogP contribution is -2.07. The van der Waals surface area contributed by atoms with Gasteiger partial charge in [-0.2, -0.15) is 5.10 Å². The number of benzene rings is 1. The van der Waals surface area contributed by atoms with Crippen molar-refractivity contribution in [3.63, 3.8) is 0 Å². The Bertz CT molecular complexity index is 914. The summed E-state index contributed by atoms with van der Waals surface area (Å²) in [4.78, 5) is 4.59. The highest BCUT2D eigenvalue weighted by Crippen LogP contribution is 2.70. The third-order valence-electron chi connectivity index (χ3n) is 5.82. The summed E-state index contributed by atoms with van der Waals surface area (Å²) in [6.45, 7) is 6.94. The van der Waals surface area contributed by atoms with Crippen LogP contribution in [0.4, 0.5) is 0 Å². The van der Waals surface area contributed by atoms with Crippen LogP contribution in [0.15, 0.2) is 36.5 Å². The minimum absolute atomic E-state index is 0.461. The van der Waals surface area contributed by atoms with Gasteiger partial charge >= 0.3 is 0 Å². The monoisotopic (exact) mass is 289 g/mol. The number of aryl methyl sites for hydroxylation is 1. The Morgan fingerprint density at radius 1 is 1.18 bits per heavy atom. The molecule has 2 heterocycles. The van der Waals surface area contributed by atoms with Crippen molar-refractivity contribution in [1.29, 1.82) is 0 Å². The van der Waals surface area contributed by atoms with Crippen LogP contribution in [0.25, 0.3) is 16.6 Å². The minimum Gasteiger partial charge on any atom is -0.254 e. The standard InChI is InChI=1S/C19H19N3/c1-11-16-15(10-13-17(16)19(13,2)3)22(21-11)14-8-4-6-12-7-5-9-20-18(12)14/h4-9,13,17H,10H2,1-3H3/t13-,17-/m1/s1. The van der Waals surface area contributed by atoms with Crippen molar-refractivity contribution < 1.29 is 0 Å². The van der Waals surface area contributed by atoms with Gasteiger partial charge in [-0.05, 0) is 42.7 Å². The van der Waals surface area contributed by atoms with Gasteiger partial charge in [-0.1, -0.05) is 32.0 Å². The molecule has 3 aromatic rings. The van der Waals surface area contributed by atoms with E-state index in [2.05, 4.69) is 54.7 Å². The number of hydrogen-bond donors (Lipinski definition) is 0. The van der Waals surface area contributed by atoms with Crippen molar-refractivity contribution >= 4 is 10.9 Å². The third kappa shape index (κ3) is 1.37. The fourth-order valence-electron chi connectivity index (χ4n) is 4.55. The lowest BCUT2D eigenvalue weighted by Gasteiger charge is -2.12. The molecule has 5 rings (SSSR count). The van der Waals surface area contributed by atoms with E-state index in [0.29, 0.717) is 11.3 Å². The summed E-state index contributed by atoms with van der Waals surface area (Å²) >= 11 is 0. The van der Waals surface area contributed by atoms with Crippen LogP contribution in [-0.4, -0.2) is 14.8 Å². The normalized spacial score (nSPS) is 24.3. The summed E-state index contributed by atoms with van der Waals surface area (Å²) in [6.07, 6.45) is 3.01. The van der Waals surface area contributed by atoms with E-state index in [1.54, 1.807) is 0 Å². The van der Waals surface area contributed by atoms with E-state index < -0.39 is 0 Å². The number of nitrogens with zero attached hydrogens (tertiary/aromatic N) is 3. The van der Waals surface area contributed by atoms with Gasteiger partial charge in [-0.15, -0.1) is 0 Å². The quantitative estimate of drug-likeness (QED) is 0.677. The summed E-state index contributed by atoms with van der Waals surface area (Å²) in [7, 11) is 0. The molecule has 110 valence electrons. The first-order chi connectivity index (χ1) is 10.6. The molecule has 0 amide bonds. The molecule has 0 spiro atoms. The van der Waals surface area contributed by atoms with E-state index in [9.17, 15) is 0 Å². The second-order valence-electron chi connectivity index (χ2n) is 7.32. The van der Waals surface area contributed by atoms with E-state index in [1.807, 2.05) is 12.3 Å². The zero-order valence-corrected chi connectivity index (χ0v) is 13.2. The van der Waals surface area contributed by atoms with Crippen molar-refractivity contribution in [2.24, 2.45) is 11.3 Å². The molecular formula is C19H19N3. The Kier molecular flexibility index (Phi) is 2.13. The highest BCUT2D eigenvalue weighted by atomic mass is 15.3. The first-order valence-corrected chi connectivity index (χ1v) is 8.01. The maximum absolute atomic E-state index is 4.87. The number of pyridine rings is 1. The molecule has 0 saturated heterocycles. The van der Waals surface area contributed by atoms with Gasteiger partial charge in [0.1, 0.15) is 0 Å². The Labute approximate surface area is 130 Å². The highest BCUT2D eigenvalue weighted by Gasteiger charge is 2.63. The van der Waals surface area contributed by atoms with E-state index in [1.165, 1.54) is 22.3 Å². The second kappa shape index (κ2) is 3.78. The van der Waals surface area contributed by atoms with Crippen molar-refractivity contribution in [3.05, 3.63) is 53.5 Å². The SMILES string of the molecule is Cc1nn(-c2cccc3cccnc23)c2c1[C@H]1[C@@H](C2)C1(C)C. The van der Waals surface area contributed by atoms with Gasteiger partial charge in [0.15, 0.2) is 0 Å². The predicted molar refractivity (Wildman–Crippen MR) is 87.3 cm³/mol. The maximum Gasteiger partial charge on any atom is 0.0959 e. The first kappa shape index (κ1) is 12.4. The van der Waals surface area contributed by atoms with E-state index in [-0.39, 0.29) is 0 Å². The highest BCUT2D eigenvalue weighted by molar-refractivity contribution is 5.86. The Morgan fingerprint density at radius 3 is 2.86 bits per heavy atom. The fraction of sp³-hybridized carbons (Fsp3) is 0.368. The number of fused-ring (bicyclic) bond motifs is 4. The van der Waals surface area contributed by atoms with Crippen molar-refractivity contribution in [2.75, 3.05) is 0 Å². The third-order valence-corrected chi connectivity index (χ3v) is 5.82. The molecular weight excluding hydrogens is 270 g/mol. The van der Waals surface area contributed by atoms with Crippen molar-refractivity contribution in [3.8, 4) is 5.69 Å². The van der Waals surface area contributed by atoms with E-state index in [4.69, 9.17) is 5.10 Å². The van der Waals surface area contributed by atoms with Gasteiger partial charge in [-0.25, -0.2) is 4.68 Å². The molecule has 2 atom stereocenters. The molecule has 0 radical (unpaired) electrons. The van der Waals surface area contributed by atoms with E-state index in [0.717, 1.165) is 23.5 Å². The smallest absolute Gasteiger partial charge is 0.0959 e. The molecule has 2 aliphatic carbocycles. The van der Waals surface area contributed by atoms with Gasteiger partial charge in [0, 0.05) is 22.8 Å². The molecule has 0 bridgehead atoms. The fourth-order valence-corrected chi connectivity index (χ4v) is 4.55. The molecule has 2 aliphatic rings. The summed E-state index contributed by atoms with van der Waals surface area (Å²) in [5.41, 5.74) is 6.72. The molecule has 0 aliphatic heterocycles. The Balaban J connectivity index is 1.75. The Hall–Kier alpha value is -2.16. The van der Waals surface area contributed by atoms with Crippen LogP contribution in [0.1, 0.15) is 36.7 Å². The largest absolute Gasteiger partial charge is 0.254 e. The number of rotatable bonds is 1. The first-order valence-electron chi connectivity index (χ1n) is 8.01. The summed E-state index contributed by atoms with van der Waals surface area (Å²) < 4.78 is 2.15. The van der Waals surface area contributed by atoms with Crippen molar-refractivity contribution in [1.82, 2.24) is 14.8 Å². The molecule has 3 nitrogen and oxygen atoms in total. The summed E-state index contributed by atoms with van der Waals surface area (Å²) in [6, 6.07) is 10.5. The second-order valence-corrected chi connectivity index (χ2v) is 7.32. The molecule has 0 unspecified atom stereocenters. The van der Waals surface area contributed by atoms with Gasteiger partial charge in [0.05, 0.1) is 16.9 Å². The number of aromatic nitrogens is 3. The average Bonchev–Trinajstić information content (AvgIpc) is 2.85. The van der Waals surface area contributed by atoms with Gasteiger partial charge < -0.3 is 0 Å². The Morgan fingerprint density at radius 2 is 2.00 bits per heavy atom. The average molecular weight is 289 g/mol. The summed E-state index contributed by atoms with van der Waals surface area (Å²) in [5, 5.41) is 6.04. The van der Waals surface area contributed by atoms with Crippen LogP contribution in [0.3, 0.4) is 0 Å². The lowest BCUT2D eigenvalue weighted by molar-refractivity contribution is 0.533. The molecule has 22 heavy (non-hydrogen) atoms. The van der Waals surface area contributed by atoms with Gasteiger partial charge in [0.2, 0.25) is 0 Å². The van der Waals surface area contributed by atoms with Crippen LogP contribution < -0.4 is 0 Å². The zero-order chi connectivity index (χ0) is 15.1. The molecule has 1 saturated carbocycles. The molecule has 2 aromatic heterocycles. The summed E-state index contributed by atoms with van der Waals surface area (Å²) in [5.74, 6) is 1.51. The van der Waals surface area contributed by atoms with Crippen LogP contribution in [0, 0.1) is 18.3 Å². The van der Waals surface area contributed by atoms with Gasteiger partial charge in [-0.3, -0.25) is 4.98 Å². The molecule has 3 heteroatoms. The molecule has 1 fully saturated rings. The predicted octanol–water partition coefficient (Wildman–Crippen LogP) is 4.02. The van der Waals surface area contributed by atoms with Crippen LogP contribution in [0.5, 0.6) is 0 Å². The topological polar surface area (TPSA) is 30.7 Å². The molecule has 1 aromatic carbocycles. The maximum atomic E-state index is 4.87. The van der Waals surface area contributed by atoms with Crippen molar-refractivity contribution in [2.45, 2.75) is 33.1 Å².